The van der Waals surface area contributed by atoms with Crippen molar-refractivity contribution >= 4 is 17.7 Å². The van der Waals surface area contributed by atoms with E-state index in [2.05, 4.69) is 77.3 Å². The summed E-state index contributed by atoms with van der Waals surface area (Å²) in [6.45, 7) is 12.1. The minimum Gasteiger partial charge on any atom is -0.350 e. The third-order valence-electron chi connectivity index (χ3n) is 10.0. The SMILES string of the molecule is C=CC(=O)N1CCN(C2NC(OCC(C)CCCNC)NC3C[C@]4(CCC32)Cc2c(C)cccc2CS4)CC1CC#N. The van der Waals surface area contributed by atoms with Crippen molar-refractivity contribution in [1.82, 2.24) is 25.8 Å². The number of carbonyl (C=O) groups excluding carboxylic acids is 1. The van der Waals surface area contributed by atoms with Crippen LogP contribution in [-0.2, 0) is 21.7 Å². The molecule has 3 heterocycles. The lowest BCUT2D eigenvalue weighted by molar-refractivity contribution is -0.135. The zero-order valence-corrected chi connectivity index (χ0v) is 26.6. The average Bonchev–Trinajstić information content (AvgIpc) is 3.00. The minimum atomic E-state index is -0.219. The van der Waals surface area contributed by atoms with E-state index in [1.165, 1.54) is 23.6 Å². The van der Waals surface area contributed by atoms with E-state index in [4.69, 9.17) is 4.74 Å². The maximum absolute atomic E-state index is 12.6. The number of amides is 1. The maximum atomic E-state index is 12.6. The number of fused-ring (bicyclic) bond motifs is 2. The number of thioether (sulfide) groups is 1. The standard InChI is InChI=1S/C33H50N6O2S/c1-5-30(40)39-17-16-38(20-26(39)12-14-34)31-27-11-13-33(18-28-24(3)9-6-10-25(28)22-42-33)19-29(27)36-32(37-31)41-21-23(2)8-7-15-35-4/h5-6,9-10,23,26-27,29,31-32,35-37H,1,7-8,11-13,15-22H2,2-4H3/t23?,26?,27?,29?,31?,32?,33-/m0/s1. The van der Waals surface area contributed by atoms with Gasteiger partial charge in [0.25, 0.3) is 0 Å². The van der Waals surface area contributed by atoms with Crippen LogP contribution in [0.3, 0.4) is 0 Å². The van der Waals surface area contributed by atoms with Crippen LogP contribution in [0.15, 0.2) is 30.9 Å². The Morgan fingerprint density at radius 3 is 3.02 bits per heavy atom. The van der Waals surface area contributed by atoms with Gasteiger partial charge in [0.05, 0.1) is 31.3 Å². The van der Waals surface area contributed by atoms with Crippen LogP contribution in [-0.4, -0.2) is 84.9 Å². The molecular weight excluding hydrogens is 544 g/mol. The molecule has 230 valence electrons. The minimum absolute atomic E-state index is 0.0796. The highest BCUT2D eigenvalue weighted by molar-refractivity contribution is 8.00. The Morgan fingerprint density at radius 1 is 1.38 bits per heavy atom. The zero-order valence-electron chi connectivity index (χ0n) is 25.7. The van der Waals surface area contributed by atoms with Gasteiger partial charge in [0.2, 0.25) is 5.91 Å². The van der Waals surface area contributed by atoms with Crippen LogP contribution in [0.2, 0.25) is 0 Å². The molecular formula is C33H50N6O2S. The first-order valence-corrected chi connectivity index (χ1v) is 16.9. The van der Waals surface area contributed by atoms with Crippen LogP contribution in [0.5, 0.6) is 0 Å². The fraction of sp³-hybridized carbons (Fsp3) is 0.697. The van der Waals surface area contributed by atoms with E-state index in [9.17, 15) is 10.1 Å². The number of hydrogen-bond donors (Lipinski definition) is 3. The Kier molecular flexibility index (Phi) is 10.7. The lowest BCUT2D eigenvalue weighted by Gasteiger charge is -2.56. The summed E-state index contributed by atoms with van der Waals surface area (Å²) in [5.74, 6) is 1.93. The molecule has 8 nitrogen and oxygen atoms in total. The molecule has 2 saturated heterocycles. The molecule has 0 bridgehead atoms. The first kappa shape index (κ1) is 31.5. The highest BCUT2D eigenvalue weighted by atomic mass is 32.2. The number of benzene rings is 1. The van der Waals surface area contributed by atoms with Crippen LogP contribution < -0.4 is 16.0 Å². The quantitative estimate of drug-likeness (QED) is 0.279. The van der Waals surface area contributed by atoms with Gasteiger partial charge in [-0.2, -0.15) is 5.26 Å². The molecule has 1 aliphatic carbocycles. The van der Waals surface area contributed by atoms with Crippen LogP contribution in [0, 0.1) is 30.1 Å². The van der Waals surface area contributed by atoms with Gasteiger partial charge in [0.1, 0.15) is 0 Å². The van der Waals surface area contributed by atoms with Gasteiger partial charge in [0.15, 0.2) is 6.35 Å². The smallest absolute Gasteiger partial charge is 0.246 e. The van der Waals surface area contributed by atoms with Crippen molar-refractivity contribution < 1.29 is 9.53 Å². The number of rotatable bonds is 10. The first-order valence-electron chi connectivity index (χ1n) is 15.9. The molecule has 0 aromatic heterocycles. The summed E-state index contributed by atoms with van der Waals surface area (Å²) in [4.78, 5) is 16.9. The van der Waals surface area contributed by atoms with E-state index in [0.717, 1.165) is 50.9 Å². The van der Waals surface area contributed by atoms with E-state index < -0.39 is 0 Å². The van der Waals surface area contributed by atoms with Crippen LogP contribution in [0.4, 0.5) is 0 Å². The van der Waals surface area contributed by atoms with Crippen molar-refractivity contribution in [2.24, 2.45) is 11.8 Å². The summed E-state index contributed by atoms with van der Waals surface area (Å²) in [6, 6.07) is 9.31. The van der Waals surface area contributed by atoms with Gasteiger partial charge in [-0.15, -0.1) is 11.8 Å². The van der Waals surface area contributed by atoms with Crippen molar-refractivity contribution in [1.29, 1.82) is 5.26 Å². The molecule has 6 unspecified atom stereocenters. The van der Waals surface area contributed by atoms with E-state index >= 15 is 0 Å². The zero-order chi connectivity index (χ0) is 29.7. The lowest BCUT2D eigenvalue weighted by atomic mass is 9.72. The van der Waals surface area contributed by atoms with Gasteiger partial charge in [0, 0.05) is 42.1 Å². The number of nitrogens with one attached hydrogen (secondary N) is 3. The predicted octanol–water partition coefficient (Wildman–Crippen LogP) is 3.76. The highest BCUT2D eigenvalue weighted by Crippen LogP contribution is 2.51. The van der Waals surface area contributed by atoms with Gasteiger partial charge in [-0.3, -0.25) is 20.3 Å². The van der Waals surface area contributed by atoms with Gasteiger partial charge in [-0.05, 0) is 87.7 Å². The van der Waals surface area contributed by atoms with E-state index in [1.807, 2.05) is 11.9 Å². The summed E-state index contributed by atoms with van der Waals surface area (Å²) >= 11 is 2.16. The third-order valence-corrected chi connectivity index (χ3v) is 11.6. The summed E-state index contributed by atoms with van der Waals surface area (Å²) in [7, 11) is 2.00. The van der Waals surface area contributed by atoms with Gasteiger partial charge in [-0.25, -0.2) is 0 Å². The monoisotopic (exact) mass is 594 g/mol. The summed E-state index contributed by atoms with van der Waals surface area (Å²) in [5.41, 5.74) is 4.49. The average molecular weight is 595 g/mol. The molecule has 1 aromatic carbocycles. The Hall–Kier alpha value is -1.93. The maximum Gasteiger partial charge on any atom is 0.246 e. The summed E-state index contributed by atoms with van der Waals surface area (Å²) in [6.07, 6.45) is 8.53. The van der Waals surface area contributed by atoms with Gasteiger partial charge >= 0.3 is 0 Å². The molecule has 4 aliphatic rings. The molecule has 1 amide bonds. The Labute approximate surface area is 257 Å². The molecule has 3 aliphatic heterocycles. The molecule has 7 atom stereocenters. The molecule has 3 fully saturated rings. The molecule has 5 rings (SSSR count). The fourth-order valence-corrected chi connectivity index (χ4v) is 9.21. The number of nitrogens with zero attached hydrogens (tertiary/aromatic N) is 3. The number of piperazine rings is 1. The van der Waals surface area contributed by atoms with Crippen molar-refractivity contribution in [3.63, 3.8) is 0 Å². The Bertz CT molecular complexity index is 1140. The Balaban J connectivity index is 1.33. The number of carbonyl (C=O) groups is 1. The normalized spacial score (nSPS) is 32.0. The second kappa shape index (κ2) is 14.2. The number of nitriles is 1. The topological polar surface area (TPSA) is 92.7 Å². The van der Waals surface area contributed by atoms with Gasteiger partial charge in [-0.1, -0.05) is 31.7 Å². The second-order valence-corrected chi connectivity index (χ2v) is 14.4. The third kappa shape index (κ3) is 7.06. The highest BCUT2D eigenvalue weighted by Gasteiger charge is 2.50. The Morgan fingerprint density at radius 2 is 2.24 bits per heavy atom. The van der Waals surface area contributed by atoms with Crippen LogP contribution in [0.25, 0.3) is 0 Å². The van der Waals surface area contributed by atoms with Gasteiger partial charge < -0.3 is 15.0 Å². The second-order valence-electron chi connectivity index (χ2n) is 13.0. The molecule has 0 radical (unpaired) electrons. The van der Waals surface area contributed by atoms with Crippen molar-refractivity contribution in [2.45, 2.75) is 93.9 Å². The first-order chi connectivity index (χ1) is 20.4. The van der Waals surface area contributed by atoms with Crippen LogP contribution in [0.1, 0.15) is 62.1 Å². The van der Waals surface area contributed by atoms with E-state index in [1.54, 1.807) is 5.56 Å². The number of aryl methyl sites for hydroxylation is 1. The molecule has 1 spiro atoms. The van der Waals surface area contributed by atoms with E-state index in [-0.39, 0.29) is 29.2 Å². The largest absolute Gasteiger partial charge is 0.350 e. The fourth-order valence-electron chi connectivity index (χ4n) is 7.68. The predicted molar refractivity (Wildman–Crippen MR) is 170 cm³/mol. The molecule has 1 aromatic rings. The number of hydrogen-bond acceptors (Lipinski definition) is 8. The molecule has 3 N–H and O–H groups in total. The molecule has 42 heavy (non-hydrogen) atoms. The summed E-state index contributed by atoms with van der Waals surface area (Å²) < 4.78 is 6.79. The molecule has 1 saturated carbocycles. The van der Waals surface area contributed by atoms with Crippen LogP contribution >= 0.6 is 11.8 Å². The van der Waals surface area contributed by atoms with Crippen molar-refractivity contribution in [3.05, 3.63) is 47.5 Å². The summed E-state index contributed by atoms with van der Waals surface area (Å²) in [5, 5.41) is 20.6. The van der Waals surface area contributed by atoms with Crippen molar-refractivity contribution in [3.8, 4) is 6.07 Å². The number of ether oxygens (including phenoxy) is 1. The van der Waals surface area contributed by atoms with E-state index in [0.29, 0.717) is 44.0 Å². The van der Waals surface area contributed by atoms with Crippen molar-refractivity contribution in [2.75, 3.05) is 39.8 Å². The lowest BCUT2D eigenvalue weighted by Crippen LogP contribution is -2.72. The molecule has 9 heteroatoms.